The third-order valence-electron chi connectivity index (χ3n) is 2.72. The molecule has 72 valence electrons. The average molecular weight is 180 g/mol. The first-order chi connectivity index (χ1) is 5.90. The van der Waals surface area contributed by atoms with Crippen LogP contribution in [0.5, 0.6) is 0 Å². The SMILES string of the molecule is CC1(NC(=O)C(C)(C)C#N)CCC1. The summed E-state index contributed by atoms with van der Waals surface area (Å²) in [7, 11) is 0. The highest BCUT2D eigenvalue weighted by Gasteiger charge is 2.37. The predicted octanol–water partition coefficient (Wildman–Crippen LogP) is 1.59. The first-order valence-corrected chi connectivity index (χ1v) is 4.63. The molecule has 1 fully saturated rings. The molecule has 1 rings (SSSR count). The maximum atomic E-state index is 11.6. The fourth-order valence-electron chi connectivity index (χ4n) is 1.31. The highest BCUT2D eigenvalue weighted by atomic mass is 16.2. The molecule has 0 unspecified atom stereocenters. The maximum absolute atomic E-state index is 11.6. The van der Waals surface area contributed by atoms with Crippen LogP contribution in [0.4, 0.5) is 0 Å². The highest BCUT2D eigenvalue weighted by Crippen LogP contribution is 2.32. The second-order valence-electron chi connectivity index (χ2n) is 4.61. The van der Waals surface area contributed by atoms with Gasteiger partial charge < -0.3 is 5.32 Å². The normalized spacial score (nSPS) is 19.8. The molecule has 3 heteroatoms. The fraction of sp³-hybridized carbons (Fsp3) is 0.800. The van der Waals surface area contributed by atoms with E-state index in [1.807, 2.05) is 13.0 Å². The van der Waals surface area contributed by atoms with E-state index in [9.17, 15) is 4.79 Å². The average Bonchev–Trinajstić information content (AvgIpc) is 2.01. The summed E-state index contributed by atoms with van der Waals surface area (Å²) >= 11 is 0. The van der Waals surface area contributed by atoms with Gasteiger partial charge in [-0.3, -0.25) is 4.79 Å². The van der Waals surface area contributed by atoms with E-state index in [1.165, 1.54) is 6.42 Å². The van der Waals surface area contributed by atoms with Crippen LogP contribution in [-0.2, 0) is 4.79 Å². The van der Waals surface area contributed by atoms with Gasteiger partial charge in [0.25, 0.3) is 0 Å². The van der Waals surface area contributed by atoms with Crippen LogP contribution in [-0.4, -0.2) is 11.4 Å². The molecule has 1 aliphatic rings. The van der Waals surface area contributed by atoms with Crippen LogP contribution in [0, 0.1) is 16.7 Å². The van der Waals surface area contributed by atoms with Crippen molar-refractivity contribution in [3.05, 3.63) is 0 Å². The van der Waals surface area contributed by atoms with Crippen LogP contribution < -0.4 is 5.32 Å². The minimum Gasteiger partial charge on any atom is -0.350 e. The third-order valence-corrected chi connectivity index (χ3v) is 2.72. The lowest BCUT2D eigenvalue weighted by atomic mass is 9.77. The van der Waals surface area contributed by atoms with E-state index in [-0.39, 0.29) is 11.4 Å². The molecule has 0 aromatic heterocycles. The van der Waals surface area contributed by atoms with E-state index in [0.717, 1.165) is 12.8 Å². The van der Waals surface area contributed by atoms with E-state index in [4.69, 9.17) is 5.26 Å². The first-order valence-electron chi connectivity index (χ1n) is 4.63. The van der Waals surface area contributed by atoms with Gasteiger partial charge in [-0.05, 0) is 40.0 Å². The Morgan fingerprint density at radius 2 is 2.08 bits per heavy atom. The van der Waals surface area contributed by atoms with E-state index >= 15 is 0 Å². The van der Waals surface area contributed by atoms with E-state index in [0.29, 0.717) is 0 Å². The van der Waals surface area contributed by atoms with Crippen molar-refractivity contribution < 1.29 is 4.79 Å². The Morgan fingerprint density at radius 3 is 2.38 bits per heavy atom. The number of hydrogen-bond acceptors (Lipinski definition) is 2. The van der Waals surface area contributed by atoms with Crippen molar-refractivity contribution in [1.29, 1.82) is 5.26 Å². The Hall–Kier alpha value is -1.04. The van der Waals surface area contributed by atoms with Gasteiger partial charge in [0, 0.05) is 5.54 Å². The summed E-state index contributed by atoms with van der Waals surface area (Å²) in [6, 6.07) is 2.00. The largest absolute Gasteiger partial charge is 0.350 e. The summed E-state index contributed by atoms with van der Waals surface area (Å²) in [5, 5.41) is 11.7. The first kappa shape index (κ1) is 10.0. The van der Waals surface area contributed by atoms with Gasteiger partial charge in [0.05, 0.1) is 6.07 Å². The molecule has 0 aromatic rings. The quantitative estimate of drug-likeness (QED) is 0.701. The number of rotatable bonds is 2. The van der Waals surface area contributed by atoms with Crippen molar-refractivity contribution >= 4 is 5.91 Å². The molecule has 1 aliphatic carbocycles. The van der Waals surface area contributed by atoms with E-state index in [2.05, 4.69) is 5.32 Å². The molecular weight excluding hydrogens is 164 g/mol. The van der Waals surface area contributed by atoms with Gasteiger partial charge in [0.2, 0.25) is 5.91 Å². The zero-order chi connectivity index (χ0) is 10.1. The molecule has 1 N–H and O–H groups in total. The van der Waals surface area contributed by atoms with Crippen molar-refractivity contribution in [3.8, 4) is 6.07 Å². The standard InChI is InChI=1S/C10H16N2O/c1-9(2,7-11)8(13)12-10(3)5-4-6-10/h4-6H2,1-3H3,(H,12,13). The van der Waals surface area contributed by atoms with E-state index in [1.54, 1.807) is 13.8 Å². The molecule has 0 radical (unpaired) electrons. The second kappa shape index (κ2) is 3.02. The second-order valence-corrected chi connectivity index (χ2v) is 4.61. The topological polar surface area (TPSA) is 52.9 Å². The molecule has 0 atom stereocenters. The van der Waals surface area contributed by atoms with E-state index < -0.39 is 5.41 Å². The molecule has 0 aromatic carbocycles. The summed E-state index contributed by atoms with van der Waals surface area (Å²) < 4.78 is 0. The highest BCUT2D eigenvalue weighted by molar-refractivity contribution is 5.85. The lowest BCUT2D eigenvalue weighted by Crippen LogP contribution is -2.54. The number of amides is 1. The molecule has 0 aliphatic heterocycles. The van der Waals surface area contributed by atoms with Crippen LogP contribution in [0.3, 0.4) is 0 Å². The van der Waals surface area contributed by atoms with Crippen molar-refractivity contribution in [1.82, 2.24) is 5.32 Å². The smallest absolute Gasteiger partial charge is 0.240 e. The summed E-state index contributed by atoms with van der Waals surface area (Å²) in [5.74, 6) is -0.155. The zero-order valence-corrected chi connectivity index (χ0v) is 8.48. The molecule has 3 nitrogen and oxygen atoms in total. The molecule has 1 amide bonds. The number of carbonyl (C=O) groups excluding carboxylic acids is 1. The molecule has 1 saturated carbocycles. The van der Waals surface area contributed by atoms with Crippen molar-refractivity contribution in [3.63, 3.8) is 0 Å². The molecular formula is C10H16N2O. The lowest BCUT2D eigenvalue weighted by molar-refractivity contribution is -0.129. The monoisotopic (exact) mass is 180 g/mol. The van der Waals surface area contributed by atoms with Gasteiger partial charge in [-0.15, -0.1) is 0 Å². The minimum atomic E-state index is -0.904. The molecule has 0 saturated heterocycles. The molecule has 13 heavy (non-hydrogen) atoms. The van der Waals surface area contributed by atoms with Gasteiger partial charge in [0.15, 0.2) is 0 Å². The summed E-state index contributed by atoms with van der Waals surface area (Å²) in [6.07, 6.45) is 3.23. The Bertz CT molecular complexity index is 259. The van der Waals surface area contributed by atoms with Crippen LogP contribution in [0.1, 0.15) is 40.0 Å². The molecule has 0 spiro atoms. The van der Waals surface area contributed by atoms with Crippen LogP contribution >= 0.6 is 0 Å². The minimum absolute atomic E-state index is 0.0504. The van der Waals surface area contributed by atoms with Crippen molar-refractivity contribution in [2.75, 3.05) is 0 Å². The summed E-state index contributed by atoms with van der Waals surface area (Å²) in [6.45, 7) is 5.32. The molecule has 0 bridgehead atoms. The van der Waals surface area contributed by atoms with Crippen molar-refractivity contribution in [2.45, 2.75) is 45.6 Å². The van der Waals surface area contributed by atoms with Gasteiger partial charge in [-0.25, -0.2) is 0 Å². The number of carbonyl (C=O) groups is 1. The Kier molecular flexibility index (Phi) is 2.34. The number of nitrogens with zero attached hydrogens (tertiary/aromatic N) is 1. The summed E-state index contributed by atoms with van der Waals surface area (Å²) in [5.41, 5.74) is -0.955. The third kappa shape index (κ3) is 2.00. The Morgan fingerprint density at radius 1 is 1.54 bits per heavy atom. The fourth-order valence-corrected chi connectivity index (χ4v) is 1.31. The maximum Gasteiger partial charge on any atom is 0.240 e. The van der Waals surface area contributed by atoms with Gasteiger partial charge in [-0.2, -0.15) is 5.26 Å². The lowest BCUT2D eigenvalue weighted by Gasteiger charge is -2.40. The van der Waals surface area contributed by atoms with Gasteiger partial charge >= 0.3 is 0 Å². The number of hydrogen-bond donors (Lipinski definition) is 1. The number of nitrogens with one attached hydrogen (secondary N) is 1. The van der Waals surface area contributed by atoms with Gasteiger partial charge in [0.1, 0.15) is 5.41 Å². The van der Waals surface area contributed by atoms with Crippen LogP contribution in [0.2, 0.25) is 0 Å². The molecule has 0 heterocycles. The van der Waals surface area contributed by atoms with Crippen LogP contribution in [0.25, 0.3) is 0 Å². The Balaban J connectivity index is 2.56. The predicted molar refractivity (Wildman–Crippen MR) is 49.8 cm³/mol. The Labute approximate surface area is 79.1 Å². The summed E-state index contributed by atoms with van der Waals surface area (Å²) in [4.78, 5) is 11.6. The number of nitriles is 1. The van der Waals surface area contributed by atoms with Crippen molar-refractivity contribution in [2.24, 2.45) is 5.41 Å². The van der Waals surface area contributed by atoms with Gasteiger partial charge in [-0.1, -0.05) is 0 Å². The zero-order valence-electron chi connectivity index (χ0n) is 8.48. The van der Waals surface area contributed by atoms with Crippen LogP contribution in [0.15, 0.2) is 0 Å².